The Morgan fingerprint density at radius 3 is 2.52 bits per heavy atom. The van der Waals surface area contributed by atoms with E-state index >= 15 is 0 Å². The van der Waals surface area contributed by atoms with Gasteiger partial charge in [0.05, 0.1) is 0 Å². The van der Waals surface area contributed by atoms with Gasteiger partial charge in [-0.2, -0.15) is 0 Å². The van der Waals surface area contributed by atoms with Crippen molar-refractivity contribution in [3.05, 3.63) is 65.1 Å². The molecule has 0 aliphatic carbocycles. The van der Waals surface area contributed by atoms with Crippen LogP contribution >= 0.6 is 24.8 Å². The van der Waals surface area contributed by atoms with Crippen LogP contribution in [-0.4, -0.2) is 28.0 Å². The predicted octanol–water partition coefficient (Wildman–Crippen LogP) is 3.98. The molecule has 1 aromatic heterocycles. The van der Waals surface area contributed by atoms with E-state index < -0.39 is 0 Å². The molecule has 0 saturated carbocycles. The van der Waals surface area contributed by atoms with Crippen LogP contribution in [0.2, 0.25) is 0 Å². The average molecular weight is 381 g/mol. The second-order valence-corrected chi connectivity index (χ2v) is 6.16. The van der Waals surface area contributed by atoms with Crippen molar-refractivity contribution < 1.29 is 0 Å². The molecule has 136 valence electrons. The SMILES string of the molecule is Cc1ncc(CN2CC=C(CCc3ccccc3)CC2)c(N)n1.Cl.Cl. The van der Waals surface area contributed by atoms with Gasteiger partial charge in [0.2, 0.25) is 0 Å². The number of nitrogens with zero attached hydrogens (tertiary/aromatic N) is 3. The molecule has 2 N–H and O–H groups in total. The van der Waals surface area contributed by atoms with Crippen LogP contribution < -0.4 is 5.73 Å². The third-order valence-corrected chi connectivity index (χ3v) is 4.38. The van der Waals surface area contributed by atoms with Crippen LogP contribution in [0.25, 0.3) is 0 Å². The molecule has 0 saturated heterocycles. The minimum absolute atomic E-state index is 0. The Morgan fingerprint density at radius 2 is 1.88 bits per heavy atom. The van der Waals surface area contributed by atoms with Gasteiger partial charge in [-0.3, -0.25) is 4.90 Å². The Morgan fingerprint density at radius 1 is 1.12 bits per heavy atom. The normalized spacial score (nSPS) is 14.2. The first-order chi connectivity index (χ1) is 11.2. The van der Waals surface area contributed by atoms with Crippen LogP contribution in [0.4, 0.5) is 5.82 Å². The standard InChI is InChI=1S/C19H24N4.2ClH/c1-15-21-13-18(19(20)22-15)14-23-11-9-17(10-12-23)8-7-16-5-3-2-4-6-16;;/h2-6,9,13H,7-8,10-12,14H2,1H3,(H2,20,21,22);2*1H. The fourth-order valence-corrected chi connectivity index (χ4v) is 2.95. The summed E-state index contributed by atoms with van der Waals surface area (Å²) in [5, 5.41) is 0. The van der Waals surface area contributed by atoms with Gasteiger partial charge in [0, 0.05) is 31.4 Å². The zero-order valence-electron chi connectivity index (χ0n) is 14.5. The summed E-state index contributed by atoms with van der Waals surface area (Å²) >= 11 is 0. The molecular weight excluding hydrogens is 355 g/mol. The van der Waals surface area contributed by atoms with Gasteiger partial charge in [0.1, 0.15) is 11.6 Å². The number of aryl methyl sites for hydroxylation is 2. The summed E-state index contributed by atoms with van der Waals surface area (Å²) in [5.74, 6) is 1.34. The largest absolute Gasteiger partial charge is 0.383 e. The molecule has 1 aliphatic rings. The zero-order valence-corrected chi connectivity index (χ0v) is 16.2. The summed E-state index contributed by atoms with van der Waals surface area (Å²) in [6.45, 7) is 4.75. The van der Waals surface area contributed by atoms with E-state index in [1.165, 1.54) is 5.56 Å². The first-order valence-corrected chi connectivity index (χ1v) is 8.23. The predicted molar refractivity (Wildman–Crippen MR) is 108 cm³/mol. The second-order valence-electron chi connectivity index (χ2n) is 6.16. The number of nitrogens with two attached hydrogens (primary N) is 1. The van der Waals surface area contributed by atoms with E-state index in [-0.39, 0.29) is 24.8 Å². The van der Waals surface area contributed by atoms with E-state index in [2.05, 4.69) is 51.3 Å². The van der Waals surface area contributed by atoms with Crippen LogP contribution in [0.15, 0.2) is 48.2 Å². The summed E-state index contributed by atoms with van der Waals surface area (Å²) in [7, 11) is 0. The highest BCUT2D eigenvalue weighted by molar-refractivity contribution is 5.85. The first kappa shape index (κ1) is 21.4. The van der Waals surface area contributed by atoms with Gasteiger partial charge in [-0.1, -0.05) is 42.0 Å². The van der Waals surface area contributed by atoms with Crippen molar-refractivity contribution in [2.45, 2.75) is 32.7 Å². The molecule has 0 bridgehead atoms. The summed E-state index contributed by atoms with van der Waals surface area (Å²) in [4.78, 5) is 10.9. The number of hydrogen-bond donors (Lipinski definition) is 1. The third kappa shape index (κ3) is 6.31. The number of hydrogen-bond acceptors (Lipinski definition) is 4. The van der Waals surface area contributed by atoms with Crippen molar-refractivity contribution in [3.8, 4) is 0 Å². The molecule has 0 radical (unpaired) electrons. The number of rotatable bonds is 5. The van der Waals surface area contributed by atoms with Gasteiger partial charge in [0.15, 0.2) is 0 Å². The molecule has 0 spiro atoms. The molecule has 0 amide bonds. The molecule has 2 aromatic rings. The summed E-state index contributed by atoms with van der Waals surface area (Å²) in [5.41, 5.74) is 9.99. The molecule has 2 heterocycles. The first-order valence-electron chi connectivity index (χ1n) is 8.23. The fraction of sp³-hybridized carbons (Fsp3) is 0.368. The number of anilines is 1. The molecule has 4 nitrogen and oxygen atoms in total. The van der Waals surface area contributed by atoms with Crippen LogP contribution in [0.3, 0.4) is 0 Å². The number of benzene rings is 1. The Balaban J connectivity index is 0.00000156. The van der Waals surface area contributed by atoms with E-state index in [0.29, 0.717) is 5.82 Å². The molecule has 0 fully saturated rings. The average Bonchev–Trinajstić information content (AvgIpc) is 2.58. The number of halogens is 2. The maximum atomic E-state index is 5.98. The van der Waals surface area contributed by atoms with Gasteiger partial charge in [0.25, 0.3) is 0 Å². The molecule has 0 atom stereocenters. The number of nitrogen functional groups attached to an aromatic ring is 1. The van der Waals surface area contributed by atoms with E-state index in [0.717, 1.165) is 50.3 Å². The van der Waals surface area contributed by atoms with Crippen LogP contribution in [0.1, 0.15) is 29.8 Å². The van der Waals surface area contributed by atoms with Crippen molar-refractivity contribution in [1.82, 2.24) is 14.9 Å². The Labute approximate surface area is 162 Å². The van der Waals surface area contributed by atoms with Crippen molar-refractivity contribution >= 4 is 30.6 Å². The monoisotopic (exact) mass is 380 g/mol. The van der Waals surface area contributed by atoms with Crippen LogP contribution in [0, 0.1) is 6.92 Å². The zero-order chi connectivity index (χ0) is 16.1. The maximum absolute atomic E-state index is 5.98. The maximum Gasteiger partial charge on any atom is 0.131 e. The van der Waals surface area contributed by atoms with Crippen molar-refractivity contribution in [3.63, 3.8) is 0 Å². The lowest BCUT2D eigenvalue weighted by Gasteiger charge is -2.26. The molecule has 1 aliphatic heterocycles. The van der Waals surface area contributed by atoms with E-state index in [9.17, 15) is 0 Å². The lowest BCUT2D eigenvalue weighted by atomic mass is 9.99. The molecular formula is C19H26Cl2N4. The van der Waals surface area contributed by atoms with E-state index in [4.69, 9.17) is 5.73 Å². The van der Waals surface area contributed by atoms with Crippen molar-refractivity contribution in [1.29, 1.82) is 0 Å². The summed E-state index contributed by atoms with van der Waals surface area (Å²) < 4.78 is 0. The van der Waals surface area contributed by atoms with Gasteiger partial charge < -0.3 is 5.73 Å². The van der Waals surface area contributed by atoms with Gasteiger partial charge in [-0.05, 0) is 31.7 Å². The summed E-state index contributed by atoms with van der Waals surface area (Å²) in [6, 6.07) is 10.7. The molecule has 3 rings (SSSR count). The molecule has 1 aromatic carbocycles. The Bertz CT molecular complexity index is 689. The topological polar surface area (TPSA) is 55.0 Å². The van der Waals surface area contributed by atoms with Gasteiger partial charge in [-0.25, -0.2) is 9.97 Å². The molecule has 6 heteroatoms. The lowest BCUT2D eigenvalue weighted by Crippen LogP contribution is -2.29. The molecule has 0 unspecified atom stereocenters. The Kier molecular flexibility index (Phi) is 8.90. The number of aromatic nitrogens is 2. The van der Waals surface area contributed by atoms with Crippen molar-refractivity contribution in [2.24, 2.45) is 0 Å². The third-order valence-electron chi connectivity index (χ3n) is 4.38. The minimum atomic E-state index is 0. The van der Waals surface area contributed by atoms with Gasteiger partial charge in [-0.15, -0.1) is 24.8 Å². The highest BCUT2D eigenvalue weighted by Crippen LogP contribution is 2.19. The second kappa shape index (κ2) is 10.4. The van der Waals surface area contributed by atoms with Gasteiger partial charge >= 0.3 is 0 Å². The minimum Gasteiger partial charge on any atom is -0.383 e. The highest BCUT2D eigenvalue weighted by atomic mass is 35.5. The quantitative estimate of drug-likeness (QED) is 0.797. The summed E-state index contributed by atoms with van der Waals surface area (Å²) in [6.07, 6.45) is 7.66. The fourth-order valence-electron chi connectivity index (χ4n) is 2.95. The highest BCUT2D eigenvalue weighted by Gasteiger charge is 2.14. The molecule has 25 heavy (non-hydrogen) atoms. The van der Waals surface area contributed by atoms with E-state index in [1.54, 1.807) is 5.57 Å². The van der Waals surface area contributed by atoms with Crippen molar-refractivity contribution in [2.75, 3.05) is 18.8 Å². The van der Waals surface area contributed by atoms with Crippen LogP contribution in [0.5, 0.6) is 0 Å². The smallest absolute Gasteiger partial charge is 0.131 e. The Hall–Kier alpha value is -1.62. The van der Waals surface area contributed by atoms with E-state index in [1.807, 2.05) is 13.1 Å². The lowest BCUT2D eigenvalue weighted by molar-refractivity contribution is 0.284. The van der Waals surface area contributed by atoms with Crippen LogP contribution in [-0.2, 0) is 13.0 Å².